The minimum atomic E-state index is -0.00694. The molecule has 0 radical (unpaired) electrons. The Kier molecular flexibility index (Phi) is 5.60. The van der Waals surface area contributed by atoms with E-state index in [0.29, 0.717) is 18.8 Å². The molecular weight excluding hydrogens is 400 g/mol. The van der Waals surface area contributed by atoms with Crippen molar-refractivity contribution in [2.75, 3.05) is 7.11 Å². The summed E-state index contributed by atoms with van der Waals surface area (Å²) in [6.45, 7) is 1.06. The van der Waals surface area contributed by atoms with E-state index in [1.807, 2.05) is 70.6 Å². The van der Waals surface area contributed by atoms with Gasteiger partial charge in [0.1, 0.15) is 11.4 Å². The molecule has 0 bridgehead atoms. The number of aromatic nitrogens is 1. The number of rotatable bonds is 6. The van der Waals surface area contributed by atoms with Gasteiger partial charge in [0.05, 0.1) is 20.2 Å². The van der Waals surface area contributed by atoms with Gasteiger partial charge in [-0.3, -0.25) is 4.79 Å². The van der Waals surface area contributed by atoms with Crippen LogP contribution >= 0.6 is 27.3 Å². The number of halogens is 1. The SMILES string of the molecule is COc1ccccc1CN(Cc1cccs1)C(=O)c1cc(Br)cn1C. The summed E-state index contributed by atoms with van der Waals surface area (Å²) in [6, 6.07) is 13.7. The number of hydrogen-bond donors (Lipinski definition) is 0. The van der Waals surface area contributed by atoms with Gasteiger partial charge in [-0.25, -0.2) is 0 Å². The van der Waals surface area contributed by atoms with Crippen molar-refractivity contribution in [2.45, 2.75) is 13.1 Å². The van der Waals surface area contributed by atoms with Gasteiger partial charge in [-0.1, -0.05) is 24.3 Å². The van der Waals surface area contributed by atoms with Gasteiger partial charge in [0, 0.05) is 28.2 Å². The van der Waals surface area contributed by atoms with Crippen molar-refractivity contribution in [3.63, 3.8) is 0 Å². The summed E-state index contributed by atoms with van der Waals surface area (Å²) < 4.78 is 8.19. The van der Waals surface area contributed by atoms with Gasteiger partial charge >= 0.3 is 0 Å². The van der Waals surface area contributed by atoms with Crippen LogP contribution in [0.2, 0.25) is 0 Å². The second-order valence-electron chi connectivity index (χ2n) is 5.71. The molecule has 0 saturated heterocycles. The highest BCUT2D eigenvalue weighted by molar-refractivity contribution is 9.10. The number of methoxy groups -OCH3 is 1. The first-order chi connectivity index (χ1) is 12.1. The van der Waals surface area contributed by atoms with Gasteiger partial charge in [0.25, 0.3) is 5.91 Å². The zero-order valence-electron chi connectivity index (χ0n) is 14.1. The van der Waals surface area contributed by atoms with Crippen molar-refractivity contribution in [3.05, 3.63) is 74.6 Å². The minimum Gasteiger partial charge on any atom is -0.496 e. The number of hydrogen-bond acceptors (Lipinski definition) is 3. The molecule has 0 aliphatic heterocycles. The fourth-order valence-corrected chi connectivity index (χ4v) is 3.97. The summed E-state index contributed by atoms with van der Waals surface area (Å²) in [5.74, 6) is 0.784. The molecule has 0 saturated carbocycles. The van der Waals surface area contributed by atoms with Crippen molar-refractivity contribution in [2.24, 2.45) is 7.05 Å². The largest absolute Gasteiger partial charge is 0.496 e. The van der Waals surface area contributed by atoms with E-state index in [-0.39, 0.29) is 5.91 Å². The maximum absolute atomic E-state index is 13.2. The lowest BCUT2D eigenvalue weighted by Crippen LogP contribution is -2.31. The summed E-state index contributed by atoms with van der Waals surface area (Å²) in [6.07, 6.45) is 1.89. The Hall–Kier alpha value is -2.05. The van der Waals surface area contributed by atoms with Gasteiger partial charge in [0.15, 0.2) is 0 Å². The Morgan fingerprint density at radius 1 is 1.24 bits per heavy atom. The number of nitrogens with zero attached hydrogens (tertiary/aromatic N) is 2. The highest BCUT2D eigenvalue weighted by Gasteiger charge is 2.21. The molecule has 6 heteroatoms. The van der Waals surface area contributed by atoms with E-state index in [9.17, 15) is 4.79 Å². The third kappa shape index (κ3) is 4.14. The summed E-state index contributed by atoms with van der Waals surface area (Å²) in [4.78, 5) is 16.2. The highest BCUT2D eigenvalue weighted by atomic mass is 79.9. The maximum atomic E-state index is 13.2. The first-order valence-corrected chi connectivity index (χ1v) is 9.51. The normalized spacial score (nSPS) is 10.7. The van der Waals surface area contributed by atoms with Crippen molar-refractivity contribution in [3.8, 4) is 5.75 Å². The highest BCUT2D eigenvalue weighted by Crippen LogP contribution is 2.24. The van der Waals surface area contributed by atoms with Crippen LogP contribution in [0.25, 0.3) is 0 Å². The molecule has 4 nitrogen and oxygen atoms in total. The van der Waals surface area contributed by atoms with E-state index in [4.69, 9.17) is 4.74 Å². The Bertz CT molecular complexity index is 858. The molecule has 1 aromatic carbocycles. The molecule has 0 spiro atoms. The summed E-state index contributed by atoms with van der Waals surface area (Å²) >= 11 is 5.09. The van der Waals surface area contributed by atoms with E-state index in [1.165, 1.54) is 0 Å². The Balaban J connectivity index is 1.92. The molecule has 130 valence electrons. The molecule has 25 heavy (non-hydrogen) atoms. The van der Waals surface area contributed by atoms with Crippen molar-refractivity contribution >= 4 is 33.2 Å². The van der Waals surface area contributed by atoms with Gasteiger partial charge in [0.2, 0.25) is 0 Å². The van der Waals surface area contributed by atoms with Crippen LogP contribution in [0.4, 0.5) is 0 Å². The standard InChI is InChI=1S/C19H19BrN2O2S/c1-21-12-15(20)10-17(21)19(23)22(13-16-7-5-9-25-16)11-14-6-3-4-8-18(14)24-2/h3-10,12H,11,13H2,1-2H3. The molecule has 0 N–H and O–H groups in total. The molecule has 3 rings (SSSR count). The van der Waals surface area contributed by atoms with E-state index >= 15 is 0 Å². The summed E-state index contributed by atoms with van der Waals surface area (Å²) in [7, 11) is 3.53. The van der Waals surface area contributed by atoms with Crippen LogP contribution in [0.15, 0.2) is 58.5 Å². The second-order valence-corrected chi connectivity index (χ2v) is 7.65. The molecule has 2 heterocycles. The zero-order chi connectivity index (χ0) is 17.8. The number of carbonyl (C=O) groups is 1. The number of ether oxygens (including phenoxy) is 1. The summed E-state index contributed by atoms with van der Waals surface area (Å²) in [5.41, 5.74) is 1.64. The predicted molar refractivity (Wildman–Crippen MR) is 104 cm³/mol. The van der Waals surface area contributed by atoms with E-state index in [2.05, 4.69) is 15.9 Å². The smallest absolute Gasteiger partial charge is 0.271 e. The third-order valence-corrected chi connectivity index (χ3v) is 5.25. The van der Waals surface area contributed by atoms with Crippen LogP contribution in [0.1, 0.15) is 20.9 Å². The van der Waals surface area contributed by atoms with Crippen LogP contribution in [0.3, 0.4) is 0 Å². The topological polar surface area (TPSA) is 34.5 Å². The van der Waals surface area contributed by atoms with Crippen molar-refractivity contribution in [1.29, 1.82) is 0 Å². The number of para-hydroxylation sites is 1. The van der Waals surface area contributed by atoms with Gasteiger partial charge in [-0.15, -0.1) is 11.3 Å². The Morgan fingerprint density at radius 3 is 2.68 bits per heavy atom. The van der Waals surface area contributed by atoms with Crippen LogP contribution in [0, 0.1) is 0 Å². The van der Waals surface area contributed by atoms with Crippen LogP contribution in [0.5, 0.6) is 5.75 Å². The van der Waals surface area contributed by atoms with E-state index in [1.54, 1.807) is 18.4 Å². The molecule has 0 fully saturated rings. The number of benzene rings is 1. The molecule has 2 aromatic heterocycles. The number of amides is 1. The van der Waals surface area contributed by atoms with Crippen molar-refractivity contribution in [1.82, 2.24) is 9.47 Å². The summed E-state index contributed by atoms with van der Waals surface area (Å²) in [5, 5.41) is 2.03. The van der Waals surface area contributed by atoms with E-state index in [0.717, 1.165) is 20.7 Å². The predicted octanol–water partition coefficient (Wildman–Crippen LogP) is 4.70. The van der Waals surface area contributed by atoms with Gasteiger partial charge in [-0.05, 0) is 39.5 Å². The molecule has 0 atom stereocenters. The average molecular weight is 419 g/mol. The molecule has 3 aromatic rings. The number of carbonyl (C=O) groups excluding carboxylic acids is 1. The lowest BCUT2D eigenvalue weighted by molar-refractivity contribution is 0.0721. The monoisotopic (exact) mass is 418 g/mol. The molecule has 0 unspecified atom stereocenters. The number of thiophene rings is 1. The zero-order valence-corrected chi connectivity index (χ0v) is 16.5. The van der Waals surface area contributed by atoms with Crippen molar-refractivity contribution < 1.29 is 9.53 Å². The third-order valence-electron chi connectivity index (χ3n) is 3.96. The minimum absolute atomic E-state index is 0.00694. The first-order valence-electron chi connectivity index (χ1n) is 7.84. The lowest BCUT2D eigenvalue weighted by atomic mass is 10.1. The van der Waals surface area contributed by atoms with E-state index < -0.39 is 0 Å². The fourth-order valence-electron chi connectivity index (χ4n) is 2.73. The number of aryl methyl sites for hydroxylation is 1. The van der Waals surface area contributed by atoms with Crippen LogP contribution in [-0.2, 0) is 20.1 Å². The molecule has 1 amide bonds. The Morgan fingerprint density at radius 2 is 2.04 bits per heavy atom. The Labute approximate surface area is 159 Å². The molecule has 0 aliphatic carbocycles. The second kappa shape index (κ2) is 7.89. The quantitative estimate of drug-likeness (QED) is 0.581. The first kappa shape index (κ1) is 17.8. The van der Waals surface area contributed by atoms with Gasteiger partial charge in [-0.2, -0.15) is 0 Å². The molecular formula is C19H19BrN2O2S. The van der Waals surface area contributed by atoms with Crippen LogP contribution < -0.4 is 4.74 Å². The molecule has 0 aliphatic rings. The fraction of sp³-hybridized carbons (Fsp3) is 0.211. The van der Waals surface area contributed by atoms with Gasteiger partial charge < -0.3 is 14.2 Å². The lowest BCUT2D eigenvalue weighted by Gasteiger charge is -2.23. The van der Waals surface area contributed by atoms with Crippen LogP contribution in [-0.4, -0.2) is 22.5 Å². The average Bonchev–Trinajstić information content (AvgIpc) is 3.23. The maximum Gasteiger partial charge on any atom is 0.271 e.